The van der Waals surface area contributed by atoms with Gasteiger partial charge in [0.2, 0.25) is 11.8 Å². The molecule has 2 aromatic rings. The van der Waals surface area contributed by atoms with Crippen molar-refractivity contribution >= 4 is 5.91 Å². The third kappa shape index (κ3) is 5.66. The molecule has 2 heterocycles. The largest absolute Gasteiger partial charge is 0.356 e. The van der Waals surface area contributed by atoms with Gasteiger partial charge in [0.1, 0.15) is 0 Å². The van der Waals surface area contributed by atoms with Crippen molar-refractivity contribution in [2.24, 2.45) is 5.92 Å². The summed E-state index contributed by atoms with van der Waals surface area (Å²) in [5.74, 6) is 1.92. The van der Waals surface area contributed by atoms with E-state index in [0.717, 1.165) is 38.9 Å². The Bertz CT molecular complexity index is 678. The average Bonchev–Trinajstić information content (AvgIpc) is 3.12. The summed E-state index contributed by atoms with van der Waals surface area (Å²) in [6.07, 6.45) is 4.14. The molecule has 1 amide bonds. The molecule has 1 fully saturated rings. The summed E-state index contributed by atoms with van der Waals surface area (Å²) in [6.45, 7) is 5.67. The monoisotopic (exact) mass is 356 g/mol. The first-order chi connectivity index (χ1) is 12.7. The van der Waals surface area contributed by atoms with E-state index >= 15 is 0 Å². The van der Waals surface area contributed by atoms with Crippen LogP contribution in [0.25, 0.3) is 0 Å². The predicted octanol–water partition coefficient (Wildman–Crippen LogP) is 2.59. The topological polar surface area (TPSA) is 71.3 Å². The first-order valence-electron chi connectivity index (χ1n) is 9.57. The zero-order chi connectivity index (χ0) is 18.2. The highest BCUT2D eigenvalue weighted by atomic mass is 16.5. The SMILES string of the molecule is CCc1noc(CCNC(=O)CC2CCN(Cc3ccccc3)CC2)n1. The van der Waals surface area contributed by atoms with Crippen LogP contribution in [0, 0.1) is 5.92 Å². The van der Waals surface area contributed by atoms with Gasteiger partial charge in [-0.3, -0.25) is 9.69 Å². The van der Waals surface area contributed by atoms with Crippen LogP contribution in [0.5, 0.6) is 0 Å². The van der Waals surface area contributed by atoms with Gasteiger partial charge >= 0.3 is 0 Å². The van der Waals surface area contributed by atoms with Crippen LogP contribution in [-0.4, -0.2) is 40.6 Å². The molecule has 0 bridgehead atoms. The van der Waals surface area contributed by atoms with Crippen LogP contribution in [0.3, 0.4) is 0 Å². The molecule has 0 saturated carbocycles. The predicted molar refractivity (Wildman–Crippen MR) is 99.4 cm³/mol. The van der Waals surface area contributed by atoms with E-state index in [1.165, 1.54) is 5.56 Å². The lowest BCUT2D eigenvalue weighted by atomic mass is 9.93. The molecule has 1 aromatic carbocycles. The molecule has 140 valence electrons. The van der Waals surface area contributed by atoms with Gasteiger partial charge in [0.15, 0.2) is 5.82 Å². The molecule has 1 aliphatic rings. The highest BCUT2D eigenvalue weighted by Crippen LogP contribution is 2.21. The van der Waals surface area contributed by atoms with Crippen molar-refractivity contribution in [2.45, 2.75) is 45.6 Å². The quantitative estimate of drug-likeness (QED) is 0.787. The van der Waals surface area contributed by atoms with Crippen molar-refractivity contribution in [1.29, 1.82) is 0 Å². The molecule has 0 radical (unpaired) electrons. The molecule has 1 saturated heterocycles. The van der Waals surface area contributed by atoms with Crippen LogP contribution in [0.4, 0.5) is 0 Å². The maximum atomic E-state index is 12.1. The first-order valence-corrected chi connectivity index (χ1v) is 9.57. The van der Waals surface area contributed by atoms with E-state index in [-0.39, 0.29) is 5.91 Å². The zero-order valence-electron chi connectivity index (χ0n) is 15.5. The number of hydrogen-bond acceptors (Lipinski definition) is 5. The summed E-state index contributed by atoms with van der Waals surface area (Å²) < 4.78 is 5.13. The van der Waals surface area contributed by atoms with Crippen molar-refractivity contribution in [1.82, 2.24) is 20.4 Å². The van der Waals surface area contributed by atoms with Crippen LogP contribution < -0.4 is 5.32 Å². The molecular weight excluding hydrogens is 328 g/mol. The van der Waals surface area contributed by atoms with E-state index in [9.17, 15) is 4.79 Å². The third-order valence-corrected chi connectivity index (χ3v) is 4.92. The number of likely N-dealkylation sites (tertiary alicyclic amines) is 1. The van der Waals surface area contributed by atoms with E-state index in [0.29, 0.717) is 37.0 Å². The van der Waals surface area contributed by atoms with E-state index in [1.807, 2.05) is 6.92 Å². The average molecular weight is 356 g/mol. The number of amides is 1. The van der Waals surface area contributed by atoms with Gasteiger partial charge in [-0.15, -0.1) is 0 Å². The minimum Gasteiger partial charge on any atom is -0.356 e. The fraction of sp³-hybridized carbons (Fsp3) is 0.550. The molecule has 0 aliphatic carbocycles. The van der Waals surface area contributed by atoms with Gasteiger partial charge in [-0.2, -0.15) is 4.98 Å². The first kappa shape index (κ1) is 18.6. The Kier molecular flexibility index (Phi) is 6.77. The van der Waals surface area contributed by atoms with Crippen LogP contribution >= 0.6 is 0 Å². The second kappa shape index (κ2) is 9.48. The standard InChI is InChI=1S/C20H28N4O2/c1-2-18-22-20(26-23-18)8-11-21-19(25)14-16-9-12-24(13-10-16)15-17-6-4-3-5-7-17/h3-7,16H,2,8-15H2,1H3,(H,21,25). The summed E-state index contributed by atoms with van der Waals surface area (Å²) in [5.41, 5.74) is 1.36. The van der Waals surface area contributed by atoms with Crippen molar-refractivity contribution in [2.75, 3.05) is 19.6 Å². The summed E-state index contributed by atoms with van der Waals surface area (Å²) in [7, 11) is 0. The van der Waals surface area contributed by atoms with Gasteiger partial charge in [0.25, 0.3) is 0 Å². The van der Waals surface area contributed by atoms with Gasteiger partial charge in [0, 0.05) is 32.4 Å². The number of piperidine rings is 1. The van der Waals surface area contributed by atoms with Gasteiger partial charge in [-0.1, -0.05) is 42.4 Å². The molecule has 1 aromatic heterocycles. The van der Waals surface area contributed by atoms with Crippen LogP contribution in [0.15, 0.2) is 34.9 Å². The van der Waals surface area contributed by atoms with Crippen molar-refractivity contribution < 1.29 is 9.32 Å². The summed E-state index contributed by atoms with van der Waals surface area (Å²) in [5, 5.41) is 6.84. The molecule has 0 spiro atoms. The number of aryl methyl sites for hydroxylation is 1. The third-order valence-electron chi connectivity index (χ3n) is 4.92. The second-order valence-electron chi connectivity index (χ2n) is 6.97. The summed E-state index contributed by atoms with van der Waals surface area (Å²) in [6, 6.07) is 10.6. The Balaban J connectivity index is 1.31. The maximum absolute atomic E-state index is 12.1. The van der Waals surface area contributed by atoms with Crippen LogP contribution in [-0.2, 0) is 24.2 Å². The summed E-state index contributed by atoms with van der Waals surface area (Å²) in [4.78, 5) is 18.9. The highest BCUT2D eigenvalue weighted by molar-refractivity contribution is 5.76. The molecule has 0 unspecified atom stereocenters. The molecule has 6 heteroatoms. The van der Waals surface area contributed by atoms with Crippen molar-refractivity contribution in [3.63, 3.8) is 0 Å². The fourth-order valence-electron chi connectivity index (χ4n) is 3.37. The number of nitrogens with one attached hydrogen (secondary N) is 1. The lowest BCUT2D eigenvalue weighted by Crippen LogP contribution is -2.35. The molecule has 6 nitrogen and oxygen atoms in total. The molecule has 0 atom stereocenters. The lowest BCUT2D eigenvalue weighted by Gasteiger charge is -2.31. The number of carbonyl (C=O) groups excluding carboxylic acids is 1. The van der Waals surface area contributed by atoms with Crippen molar-refractivity contribution in [3.8, 4) is 0 Å². The van der Waals surface area contributed by atoms with E-state index in [1.54, 1.807) is 0 Å². The Morgan fingerprint density at radius 1 is 1.27 bits per heavy atom. The van der Waals surface area contributed by atoms with Crippen LogP contribution in [0.1, 0.15) is 43.5 Å². The van der Waals surface area contributed by atoms with Crippen molar-refractivity contribution in [3.05, 3.63) is 47.6 Å². The lowest BCUT2D eigenvalue weighted by molar-refractivity contribution is -0.122. The molecular formula is C20H28N4O2. The molecule has 1 aliphatic heterocycles. The maximum Gasteiger partial charge on any atom is 0.228 e. The normalized spacial score (nSPS) is 15.9. The van der Waals surface area contributed by atoms with E-state index < -0.39 is 0 Å². The van der Waals surface area contributed by atoms with Gasteiger partial charge in [-0.05, 0) is 37.4 Å². The minimum atomic E-state index is 0.127. The number of rotatable bonds is 8. The Labute approximate surface area is 155 Å². The number of benzene rings is 1. The number of nitrogens with zero attached hydrogens (tertiary/aromatic N) is 3. The Hall–Kier alpha value is -2.21. The smallest absolute Gasteiger partial charge is 0.228 e. The minimum absolute atomic E-state index is 0.127. The van der Waals surface area contributed by atoms with Gasteiger partial charge < -0.3 is 9.84 Å². The van der Waals surface area contributed by atoms with Crippen LogP contribution in [0.2, 0.25) is 0 Å². The zero-order valence-corrected chi connectivity index (χ0v) is 15.5. The van der Waals surface area contributed by atoms with Gasteiger partial charge in [0.05, 0.1) is 0 Å². The van der Waals surface area contributed by atoms with Gasteiger partial charge in [-0.25, -0.2) is 0 Å². The van der Waals surface area contributed by atoms with E-state index in [4.69, 9.17) is 4.52 Å². The Morgan fingerprint density at radius 2 is 2.04 bits per heavy atom. The number of aromatic nitrogens is 2. The number of carbonyl (C=O) groups is 1. The molecule has 3 rings (SSSR count). The highest BCUT2D eigenvalue weighted by Gasteiger charge is 2.21. The molecule has 1 N–H and O–H groups in total. The summed E-state index contributed by atoms with van der Waals surface area (Å²) >= 11 is 0. The molecule has 26 heavy (non-hydrogen) atoms. The number of hydrogen-bond donors (Lipinski definition) is 1. The van der Waals surface area contributed by atoms with E-state index in [2.05, 4.69) is 50.7 Å². The second-order valence-corrected chi connectivity index (χ2v) is 6.97. The fourth-order valence-corrected chi connectivity index (χ4v) is 3.37. The Morgan fingerprint density at radius 3 is 2.73 bits per heavy atom.